The summed E-state index contributed by atoms with van der Waals surface area (Å²) in [4.78, 5) is 0. The van der Waals surface area contributed by atoms with Crippen LogP contribution in [0.4, 0.5) is 0 Å². The van der Waals surface area contributed by atoms with E-state index in [1.54, 1.807) is 0 Å². The summed E-state index contributed by atoms with van der Waals surface area (Å²) < 4.78 is 10.4. The molecule has 5 N–H and O–H groups in total. The number of aliphatic hydroxyl groups is 1. The Morgan fingerprint density at radius 3 is 2.25 bits per heavy atom. The van der Waals surface area contributed by atoms with E-state index < -0.39 is 6.65 Å². The fourth-order valence-electron chi connectivity index (χ4n) is 0.184. The maximum Gasteiger partial charge on any atom is 0.261 e. The number of hydrogen-bond donors (Lipinski definition) is 3. The molecule has 0 aromatic heterocycles. The molecule has 0 radical (unpaired) electrons. The molecule has 0 bridgehead atoms. The van der Waals surface area contributed by atoms with Gasteiger partial charge in [-0.2, -0.15) is 0 Å². The average Bonchev–Trinajstić information content (AvgIpc) is 1.59. The predicted octanol–water partition coefficient (Wildman–Crippen LogP) is -0.263. The number of aliphatic hydroxyl groups excluding tert-OH is 1. The molecule has 0 aromatic rings. The van der Waals surface area contributed by atoms with E-state index in [9.17, 15) is 4.57 Å². The van der Waals surface area contributed by atoms with Gasteiger partial charge in [0.25, 0.3) is 6.65 Å². The molecular formula is C2H9N2O2PS. The van der Waals surface area contributed by atoms with E-state index in [4.69, 9.17) is 16.1 Å². The van der Waals surface area contributed by atoms with Crippen LogP contribution in [0, 0.1) is 0 Å². The molecule has 4 nitrogen and oxygen atoms in total. The maximum atomic E-state index is 10.4. The smallest absolute Gasteiger partial charge is 0.261 e. The minimum atomic E-state index is -2.93. The molecule has 0 heterocycles. The van der Waals surface area contributed by atoms with Crippen molar-refractivity contribution in [2.24, 2.45) is 11.0 Å². The summed E-state index contributed by atoms with van der Waals surface area (Å²) in [5.74, 6) is 0.338. The molecule has 0 aliphatic heterocycles. The Morgan fingerprint density at radius 1 is 1.62 bits per heavy atom. The van der Waals surface area contributed by atoms with Crippen LogP contribution >= 0.6 is 18.0 Å². The Labute approximate surface area is 51.9 Å². The topological polar surface area (TPSA) is 89.3 Å². The van der Waals surface area contributed by atoms with Crippen LogP contribution in [-0.4, -0.2) is 17.5 Å². The summed E-state index contributed by atoms with van der Waals surface area (Å²) in [5, 5.41) is 8.18. The molecule has 0 aliphatic carbocycles. The first-order chi connectivity index (χ1) is 3.56. The Bertz CT molecular complexity index is 102. The first-order valence-corrected chi connectivity index (χ1v) is 5.42. The molecule has 8 heavy (non-hydrogen) atoms. The van der Waals surface area contributed by atoms with Crippen LogP contribution in [0.5, 0.6) is 0 Å². The SMILES string of the molecule is NP(N)(=O)SCCO. The van der Waals surface area contributed by atoms with Crippen molar-refractivity contribution in [1.82, 2.24) is 0 Å². The van der Waals surface area contributed by atoms with Crippen molar-refractivity contribution in [1.29, 1.82) is 0 Å². The van der Waals surface area contributed by atoms with Gasteiger partial charge in [0, 0.05) is 5.75 Å². The molecule has 0 amide bonds. The molecular weight excluding hydrogens is 147 g/mol. The summed E-state index contributed by atoms with van der Waals surface area (Å²) in [6.07, 6.45) is 0. The standard InChI is InChI=1S/C2H9N2O2PS/c3-7(4,6)8-2-1-5/h5H,1-2H2,(H4,3,4,6). The highest BCUT2D eigenvalue weighted by Crippen LogP contribution is 2.41. The lowest BCUT2D eigenvalue weighted by molar-refractivity contribution is 0.323. The van der Waals surface area contributed by atoms with E-state index in [2.05, 4.69) is 0 Å². The van der Waals surface area contributed by atoms with Gasteiger partial charge in [-0.3, -0.25) is 15.6 Å². The minimum absolute atomic E-state index is 0.0386. The lowest BCUT2D eigenvalue weighted by Gasteiger charge is -2.01. The lowest BCUT2D eigenvalue weighted by Crippen LogP contribution is -2.01. The van der Waals surface area contributed by atoms with E-state index in [0.717, 1.165) is 11.4 Å². The lowest BCUT2D eigenvalue weighted by atomic mass is 10.9. The highest BCUT2D eigenvalue weighted by molar-refractivity contribution is 8.56. The van der Waals surface area contributed by atoms with Gasteiger partial charge in [0.1, 0.15) is 0 Å². The Kier molecular flexibility index (Phi) is 3.68. The van der Waals surface area contributed by atoms with E-state index in [0.29, 0.717) is 5.75 Å². The van der Waals surface area contributed by atoms with Crippen molar-refractivity contribution in [2.45, 2.75) is 0 Å². The minimum Gasteiger partial charge on any atom is -0.396 e. The normalized spacial score (nSPS) is 11.9. The predicted molar refractivity (Wildman–Crippen MR) is 35.5 cm³/mol. The molecule has 0 fully saturated rings. The molecule has 0 spiro atoms. The zero-order valence-corrected chi connectivity index (χ0v) is 5.99. The fourth-order valence-corrected chi connectivity index (χ4v) is 1.65. The maximum absolute atomic E-state index is 10.4. The van der Waals surface area contributed by atoms with E-state index >= 15 is 0 Å². The van der Waals surface area contributed by atoms with Crippen molar-refractivity contribution in [3.8, 4) is 0 Å². The number of hydrogen-bond acceptors (Lipinski definition) is 3. The summed E-state index contributed by atoms with van der Waals surface area (Å²) in [7, 11) is 0. The van der Waals surface area contributed by atoms with E-state index in [1.165, 1.54) is 0 Å². The zero-order chi connectivity index (χ0) is 6.62. The quantitative estimate of drug-likeness (QED) is 0.490. The summed E-state index contributed by atoms with van der Waals surface area (Å²) >= 11 is 0.895. The van der Waals surface area contributed by atoms with Gasteiger partial charge in [0.05, 0.1) is 6.61 Å². The van der Waals surface area contributed by atoms with Crippen LogP contribution in [0.3, 0.4) is 0 Å². The van der Waals surface area contributed by atoms with Crippen molar-refractivity contribution in [3.63, 3.8) is 0 Å². The van der Waals surface area contributed by atoms with Gasteiger partial charge >= 0.3 is 0 Å². The molecule has 0 aliphatic rings. The van der Waals surface area contributed by atoms with Gasteiger partial charge in [-0.1, -0.05) is 11.4 Å². The third-order valence-corrected chi connectivity index (χ3v) is 2.91. The van der Waals surface area contributed by atoms with Crippen molar-refractivity contribution in [2.75, 3.05) is 12.4 Å². The van der Waals surface area contributed by atoms with Crippen LogP contribution < -0.4 is 11.0 Å². The first kappa shape index (κ1) is 8.46. The van der Waals surface area contributed by atoms with Gasteiger partial charge in [-0.25, -0.2) is 0 Å². The molecule has 50 valence electrons. The highest BCUT2D eigenvalue weighted by atomic mass is 32.7. The van der Waals surface area contributed by atoms with E-state index in [-0.39, 0.29) is 6.61 Å². The van der Waals surface area contributed by atoms with Gasteiger partial charge in [-0.05, 0) is 0 Å². The van der Waals surface area contributed by atoms with Crippen LogP contribution in [0.2, 0.25) is 0 Å². The van der Waals surface area contributed by atoms with Gasteiger partial charge in [0.2, 0.25) is 0 Å². The highest BCUT2D eigenvalue weighted by Gasteiger charge is 2.06. The van der Waals surface area contributed by atoms with Gasteiger partial charge in [-0.15, -0.1) is 0 Å². The third-order valence-electron chi connectivity index (χ3n) is 0.384. The second kappa shape index (κ2) is 3.48. The van der Waals surface area contributed by atoms with Gasteiger partial charge in [0.15, 0.2) is 0 Å². The van der Waals surface area contributed by atoms with E-state index in [1.807, 2.05) is 0 Å². The molecule has 6 heteroatoms. The van der Waals surface area contributed by atoms with Crippen molar-refractivity contribution >= 4 is 18.0 Å². The number of rotatable bonds is 3. The molecule has 0 atom stereocenters. The van der Waals surface area contributed by atoms with Crippen LogP contribution in [0.25, 0.3) is 0 Å². The molecule has 0 unspecified atom stereocenters. The zero-order valence-electron chi connectivity index (χ0n) is 4.28. The van der Waals surface area contributed by atoms with Crippen LogP contribution in [0.15, 0.2) is 0 Å². The largest absolute Gasteiger partial charge is 0.396 e. The first-order valence-electron chi connectivity index (χ1n) is 1.99. The van der Waals surface area contributed by atoms with Crippen molar-refractivity contribution < 1.29 is 9.67 Å². The average molecular weight is 156 g/mol. The second-order valence-corrected chi connectivity index (χ2v) is 5.65. The van der Waals surface area contributed by atoms with Gasteiger partial charge < -0.3 is 5.11 Å². The molecule has 0 saturated carbocycles. The molecule has 0 aromatic carbocycles. The second-order valence-electron chi connectivity index (χ2n) is 1.20. The number of nitrogens with two attached hydrogens (primary N) is 2. The molecule has 0 rings (SSSR count). The monoisotopic (exact) mass is 156 g/mol. The van der Waals surface area contributed by atoms with Crippen LogP contribution in [0.1, 0.15) is 0 Å². The Balaban J connectivity index is 3.26. The Hall–Kier alpha value is 0.460. The third kappa shape index (κ3) is 6.46. The summed E-state index contributed by atoms with van der Waals surface area (Å²) in [6.45, 7) is -2.96. The van der Waals surface area contributed by atoms with Crippen molar-refractivity contribution in [3.05, 3.63) is 0 Å². The summed E-state index contributed by atoms with van der Waals surface area (Å²) in [5.41, 5.74) is 9.81. The summed E-state index contributed by atoms with van der Waals surface area (Å²) in [6, 6.07) is 0. The Morgan fingerprint density at radius 2 is 2.12 bits per heavy atom. The molecule has 0 saturated heterocycles. The van der Waals surface area contributed by atoms with Crippen LogP contribution in [-0.2, 0) is 4.57 Å². The fraction of sp³-hybridized carbons (Fsp3) is 1.00.